The molecular formula is C13H23N3O2S. The van der Waals surface area contributed by atoms with Gasteiger partial charge in [0, 0.05) is 18.5 Å². The zero-order valence-electron chi connectivity index (χ0n) is 11.8. The van der Waals surface area contributed by atoms with Gasteiger partial charge in [-0.05, 0) is 24.7 Å². The van der Waals surface area contributed by atoms with Crippen molar-refractivity contribution in [2.75, 3.05) is 18.5 Å². The summed E-state index contributed by atoms with van der Waals surface area (Å²) in [5.74, 6) is 0. The second kappa shape index (κ2) is 7.45. The van der Waals surface area contributed by atoms with Gasteiger partial charge >= 0.3 is 6.03 Å². The molecule has 0 aromatic carbocycles. The second-order valence-electron chi connectivity index (χ2n) is 5.30. The van der Waals surface area contributed by atoms with Gasteiger partial charge in [0.15, 0.2) is 5.13 Å². The van der Waals surface area contributed by atoms with Crippen LogP contribution < -0.4 is 10.6 Å². The lowest BCUT2D eigenvalue weighted by Crippen LogP contribution is -2.30. The van der Waals surface area contributed by atoms with E-state index in [-0.39, 0.29) is 18.1 Å². The molecule has 0 saturated heterocycles. The molecule has 3 N–H and O–H groups in total. The van der Waals surface area contributed by atoms with E-state index in [0.717, 1.165) is 25.0 Å². The van der Waals surface area contributed by atoms with Crippen molar-refractivity contribution in [2.24, 2.45) is 5.41 Å². The van der Waals surface area contributed by atoms with Crippen LogP contribution in [0.3, 0.4) is 0 Å². The Morgan fingerprint density at radius 1 is 1.53 bits per heavy atom. The van der Waals surface area contributed by atoms with E-state index in [2.05, 4.69) is 15.6 Å². The highest BCUT2D eigenvalue weighted by molar-refractivity contribution is 7.13. The maximum atomic E-state index is 11.6. The van der Waals surface area contributed by atoms with E-state index in [1.165, 1.54) is 11.3 Å². The molecule has 0 saturated carbocycles. The number of nitrogens with one attached hydrogen (secondary N) is 2. The van der Waals surface area contributed by atoms with Crippen LogP contribution >= 0.6 is 11.3 Å². The SMILES string of the molecule is CCc1csc(NC(=O)NCCCC(C)(C)CO)n1. The number of rotatable bonds is 7. The highest BCUT2D eigenvalue weighted by Crippen LogP contribution is 2.20. The zero-order chi connectivity index (χ0) is 14.3. The Labute approximate surface area is 118 Å². The molecule has 0 aliphatic rings. The molecule has 0 bridgehead atoms. The normalized spacial score (nSPS) is 11.4. The summed E-state index contributed by atoms with van der Waals surface area (Å²) in [6.45, 7) is 6.81. The summed E-state index contributed by atoms with van der Waals surface area (Å²) in [6, 6.07) is -0.223. The Hall–Kier alpha value is -1.14. The van der Waals surface area contributed by atoms with Crippen LogP contribution in [0.15, 0.2) is 5.38 Å². The largest absolute Gasteiger partial charge is 0.396 e. The second-order valence-corrected chi connectivity index (χ2v) is 6.16. The first kappa shape index (κ1) is 15.9. The molecule has 5 nitrogen and oxygen atoms in total. The first-order valence-corrected chi connectivity index (χ1v) is 7.45. The summed E-state index contributed by atoms with van der Waals surface area (Å²) in [5.41, 5.74) is 0.911. The van der Waals surface area contributed by atoms with E-state index < -0.39 is 0 Å². The fraction of sp³-hybridized carbons (Fsp3) is 0.692. The Morgan fingerprint density at radius 3 is 2.84 bits per heavy atom. The van der Waals surface area contributed by atoms with Crippen LogP contribution in [0.4, 0.5) is 9.93 Å². The minimum absolute atomic E-state index is 0.0799. The van der Waals surface area contributed by atoms with Gasteiger partial charge in [0.25, 0.3) is 0 Å². The average molecular weight is 285 g/mol. The molecule has 0 fully saturated rings. The monoisotopic (exact) mass is 285 g/mol. The lowest BCUT2D eigenvalue weighted by Gasteiger charge is -2.21. The summed E-state index contributed by atoms with van der Waals surface area (Å²) < 4.78 is 0. The highest BCUT2D eigenvalue weighted by atomic mass is 32.1. The van der Waals surface area contributed by atoms with Crippen LogP contribution in [-0.4, -0.2) is 29.3 Å². The molecule has 108 valence electrons. The van der Waals surface area contributed by atoms with E-state index in [9.17, 15) is 4.79 Å². The quantitative estimate of drug-likeness (QED) is 0.674. The van der Waals surface area contributed by atoms with Crippen LogP contribution in [0.1, 0.15) is 39.3 Å². The molecule has 1 rings (SSSR count). The zero-order valence-corrected chi connectivity index (χ0v) is 12.6. The highest BCUT2D eigenvalue weighted by Gasteiger charge is 2.15. The number of aromatic nitrogens is 1. The van der Waals surface area contributed by atoms with E-state index in [1.54, 1.807) is 0 Å². The number of hydrogen-bond acceptors (Lipinski definition) is 4. The molecule has 0 aliphatic carbocycles. The van der Waals surface area contributed by atoms with E-state index in [0.29, 0.717) is 11.7 Å². The molecular weight excluding hydrogens is 262 g/mol. The predicted molar refractivity (Wildman–Crippen MR) is 78.6 cm³/mol. The number of carbonyl (C=O) groups excluding carboxylic acids is 1. The summed E-state index contributed by atoms with van der Waals surface area (Å²) in [4.78, 5) is 15.9. The minimum atomic E-state index is -0.223. The van der Waals surface area contributed by atoms with Crippen LogP contribution in [0.5, 0.6) is 0 Å². The van der Waals surface area contributed by atoms with Crippen LogP contribution in [-0.2, 0) is 6.42 Å². The fourth-order valence-corrected chi connectivity index (χ4v) is 2.30. The topological polar surface area (TPSA) is 74.2 Å². The first-order valence-electron chi connectivity index (χ1n) is 6.57. The van der Waals surface area contributed by atoms with Gasteiger partial charge < -0.3 is 10.4 Å². The molecule has 1 aromatic heterocycles. The molecule has 0 aliphatic heterocycles. The van der Waals surface area contributed by atoms with Crippen LogP contribution in [0.25, 0.3) is 0 Å². The van der Waals surface area contributed by atoms with E-state index in [1.807, 2.05) is 26.2 Å². The van der Waals surface area contributed by atoms with Crippen LogP contribution in [0, 0.1) is 5.41 Å². The van der Waals surface area contributed by atoms with Gasteiger partial charge in [-0.2, -0.15) is 0 Å². The molecule has 2 amide bonds. The number of thiazole rings is 1. The number of urea groups is 1. The number of aliphatic hydroxyl groups excluding tert-OH is 1. The van der Waals surface area contributed by atoms with Crippen molar-refractivity contribution in [2.45, 2.75) is 40.0 Å². The standard InChI is InChI=1S/C13H23N3O2S/c1-4-10-8-19-12(15-10)16-11(18)14-7-5-6-13(2,3)9-17/h8,17H,4-7,9H2,1-3H3,(H2,14,15,16,18). The number of nitrogens with zero attached hydrogens (tertiary/aromatic N) is 1. The molecule has 0 unspecified atom stereocenters. The third-order valence-electron chi connectivity index (χ3n) is 2.88. The van der Waals surface area contributed by atoms with Gasteiger partial charge in [0.2, 0.25) is 0 Å². The average Bonchev–Trinajstić information content (AvgIpc) is 2.82. The molecule has 19 heavy (non-hydrogen) atoms. The Balaban J connectivity index is 2.21. The molecule has 0 spiro atoms. The first-order chi connectivity index (χ1) is 8.96. The van der Waals surface area contributed by atoms with Crippen LogP contribution in [0.2, 0.25) is 0 Å². The van der Waals surface area contributed by atoms with Gasteiger partial charge in [-0.1, -0.05) is 20.8 Å². The van der Waals surface area contributed by atoms with E-state index in [4.69, 9.17) is 5.11 Å². The number of hydrogen-bond donors (Lipinski definition) is 3. The van der Waals surface area contributed by atoms with Gasteiger partial charge in [-0.25, -0.2) is 9.78 Å². The van der Waals surface area contributed by atoms with Crippen molar-refractivity contribution >= 4 is 22.5 Å². The van der Waals surface area contributed by atoms with Crippen molar-refractivity contribution < 1.29 is 9.90 Å². The number of anilines is 1. The van der Waals surface area contributed by atoms with Crippen molar-refractivity contribution in [1.82, 2.24) is 10.3 Å². The van der Waals surface area contributed by atoms with Crippen molar-refractivity contribution in [3.05, 3.63) is 11.1 Å². The Kier molecular flexibility index (Phi) is 6.24. The van der Waals surface area contributed by atoms with Gasteiger partial charge in [-0.3, -0.25) is 5.32 Å². The molecule has 1 aromatic rings. The van der Waals surface area contributed by atoms with Gasteiger partial charge in [0.1, 0.15) is 0 Å². The number of carbonyl (C=O) groups is 1. The summed E-state index contributed by atoms with van der Waals surface area (Å²) in [5, 5.41) is 17.2. The number of aryl methyl sites for hydroxylation is 1. The number of aliphatic hydroxyl groups is 1. The molecule has 0 atom stereocenters. The van der Waals surface area contributed by atoms with Crippen molar-refractivity contribution in [1.29, 1.82) is 0 Å². The fourth-order valence-electron chi connectivity index (χ4n) is 1.52. The number of amides is 2. The Bertz CT molecular complexity index is 404. The maximum Gasteiger partial charge on any atom is 0.321 e. The van der Waals surface area contributed by atoms with Gasteiger partial charge in [0.05, 0.1) is 5.69 Å². The third-order valence-corrected chi connectivity index (χ3v) is 3.68. The van der Waals surface area contributed by atoms with Crippen molar-refractivity contribution in [3.8, 4) is 0 Å². The van der Waals surface area contributed by atoms with E-state index >= 15 is 0 Å². The van der Waals surface area contributed by atoms with Gasteiger partial charge in [-0.15, -0.1) is 11.3 Å². The lowest BCUT2D eigenvalue weighted by atomic mass is 9.89. The molecule has 1 heterocycles. The third kappa shape index (κ3) is 6.02. The summed E-state index contributed by atoms with van der Waals surface area (Å²) in [6.07, 6.45) is 2.59. The summed E-state index contributed by atoms with van der Waals surface area (Å²) in [7, 11) is 0. The summed E-state index contributed by atoms with van der Waals surface area (Å²) >= 11 is 1.43. The maximum absolute atomic E-state index is 11.6. The smallest absolute Gasteiger partial charge is 0.321 e. The lowest BCUT2D eigenvalue weighted by molar-refractivity contribution is 0.148. The van der Waals surface area contributed by atoms with Crippen molar-refractivity contribution in [3.63, 3.8) is 0 Å². The minimum Gasteiger partial charge on any atom is -0.396 e. The predicted octanol–water partition coefficient (Wildman–Crippen LogP) is 2.63. The molecule has 0 radical (unpaired) electrons. The Morgan fingerprint density at radius 2 is 2.26 bits per heavy atom. The molecule has 6 heteroatoms.